The Kier molecular flexibility index (Phi) is 12.4. The molecule has 0 radical (unpaired) electrons. The lowest BCUT2D eigenvalue weighted by molar-refractivity contribution is -0.219. The Bertz CT molecular complexity index is 480. The summed E-state index contributed by atoms with van der Waals surface area (Å²) in [4.78, 5) is 17.0. The number of phosphoric ester groups is 1. The lowest BCUT2D eigenvalue weighted by atomic mass is 9.85. The molecule has 0 aromatic heterocycles. The van der Waals surface area contributed by atoms with Crippen LogP contribution in [0.1, 0.15) is 64.2 Å². The summed E-state index contributed by atoms with van der Waals surface area (Å²) >= 11 is 0. The SMILES string of the molecule is NC1CCCCC1.NC1CCCCC1.O=P(O)(O)OC1[C@@H](O)[C@@H](O)C(O)[C@H](O)[C@H]1O. The fourth-order valence-corrected chi connectivity index (χ4v) is 4.31. The van der Waals surface area contributed by atoms with Gasteiger partial charge in [0.05, 0.1) is 0 Å². The quantitative estimate of drug-likeness (QED) is 0.225. The number of aliphatic hydroxyl groups excluding tert-OH is 5. The van der Waals surface area contributed by atoms with E-state index in [9.17, 15) is 25.0 Å². The first-order valence-corrected chi connectivity index (χ1v) is 12.1. The van der Waals surface area contributed by atoms with Crippen molar-refractivity contribution in [1.29, 1.82) is 0 Å². The van der Waals surface area contributed by atoms with Gasteiger partial charge in [0.1, 0.15) is 36.6 Å². The highest BCUT2D eigenvalue weighted by Crippen LogP contribution is 2.41. The highest BCUT2D eigenvalue weighted by Gasteiger charge is 2.50. The molecule has 11 nitrogen and oxygen atoms in total. The van der Waals surface area contributed by atoms with Gasteiger partial charge in [-0.2, -0.15) is 0 Å². The van der Waals surface area contributed by atoms with E-state index in [1.807, 2.05) is 0 Å². The van der Waals surface area contributed by atoms with Crippen LogP contribution in [0.3, 0.4) is 0 Å². The zero-order valence-electron chi connectivity index (χ0n) is 17.2. The molecule has 180 valence electrons. The van der Waals surface area contributed by atoms with Crippen LogP contribution in [-0.2, 0) is 9.09 Å². The van der Waals surface area contributed by atoms with E-state index in [0.717, 1.165) is 0 Å². The number of rotatable bonds is 2. The van der Waals surface area contributed by atoms with Crippen LogP contribution in [0.5, 0.6) is 0 Å². The zero-order valence-corrected chi connectivity index (χ0v) is 18.1. The highest BCUT2D eigenvalue weighted by molar-refractivity contribution is 7.46. The molecule has 0 amide bonds. The first kappa shape index (κ1) is 27.9. The molecule has 6 atom stereocenters. The Morgan fingerprint density at radius 3 is 1.13 bits per heavy atom. The molecule has 0 heterocycles. The molecule has 0 aromatic rings. The van der Waals surface area contributed by atoms with Gasteiger partial charge in [0, 0.05) is 12.1 Å². The second-order valence-corrected chi connectivity index (χ2v) is 9.50. The van der Waals surface area contributed by atoms with Gasteiger partial charge in [0.15, 0.2) is 0 Å². The molecular formula is C18H39N2O9P. The summed E-state index contributed by atoms with van der Waals surface area (Å²) in [6.07, 6.45) is 1.98. The summed E-state index contributed by atoms with van der Waals surface area (Å²) in [6.45, 7) is 0. The zero-order chi connectivity index (χ0) is 22.9. The van der Waals surface area contributed by atoms with Crippen LogP contribution < -0.4 is 11.5 Å². The van der Waals surface area contributed by atoms with Gasteiger partial charge in [0.2, 0.25) is 0 Å². The topological polar surface area (TPSA) is 220 Å². The molecule has 0 aliphatic heterocycles. The summed E-state index contributed by atoms with van der Waals surface area (Å²) in [5, 5.41) is 46.1. The van der Waals surface area contributed by atoms with E-state index < -0.39 is 44.4 Å². The minimum absolute atomic E-state index is 0.536. The van der Waals surface area contributed by atoms with Crippen molar-refractivity contribution in [2.75, 3.05) is 0 Å². The Labute approximate surface area is 177 Å². The fourth-order valence-electron chi connectivity index (χ4n) is 3.75. The van der Waals surface area contributed by atoms with Crippen LogP contribution in [0.2, 0.25) is 0 Å². The third-order valence-corrected chi connectivity index (χ3v) is 6.15. The molecule has 30 heavy (non-hydrogen) atoms. The molecule has 3 fully saturated rings. The lowest BCUT2D eigenvalue weighted by Crippen LogP contribution is -2.64. The van der Waals surface area contributed by atoms with Crippen LogP contribution in [-0.4, -0.2) is 84.0 Å². The van der Waals surface area contributed by atoms with Gasteiger partial charge in [-0.25, -0.2) is 4.57 Å². The predicted octanol–water partition coefficient (Wildman–Crippen LogP) is -1.16. The van der Waals surface area contributed by atoms with Crippen molar-refractivity contribution in [2.24, 2.45) is 11.5 Å². The first-order chi connectivity index (χ1) is 13.9. The first-order valence-electron chi connectivity index (χ1n) is 10.6. The van der Waals surface area contributed by atoms with Crippen molar-refractivity contribution < 1.29 is 44.4 Å². The van der Waals surface area contributed by atoms with Gasteiger partial charge < -0.3 is 46.8 Å². The maximum Gasteiger partial charge on any atom is 0.470 e. The number of hydrogen-bond donors (Lipinski definition) is 9. The van der Waals surface area contributed by atoms with Gasteiger partial charge in [0.25, 0.3) is 0 Å². The fraction of sp³-hybridized carbons (Fsp3) is 1.00. The molecule has 0 spiro atoms. The molecule has 3 saturated carbocycles. The van der Waals surface area contributed by atoms with Crippen LogP contribution >= 0.6 is 7.82 Å². The minimum atomic E-state index is -5.01. The van der Waals surface area contributed by atoms with Crippen LogP contribution in [0, 0.1) is 0 Å². The van der Waals surface area contributed by atoms with Crippen LogP contribution in [0.25, 0.3) is 0 Å². The van der Waals surface area contributed by atoms with E-state index >= 15 is 0 Å². The normalized spacial score (nSPS) is 36.2. The van der Waals surface area contributed by atoms with E-state index in [-0.39, 0.29) is 0 Å². The number of hydrogen-bond acceptors (Lipinski definition) is 9. The minimum Gasteiger partial charge on any atom is -0.387 e. The summed E-state index contributed by atoms with van der Waals surface area (Å²) in [5.41, 5.74) is 11.3. The third-order valence-electron chi connectivity index (χ3n) is 5.63. The molecule has 0 aromatic carbocycles. The van der Waals surface area contributed by atoms with Gasteiger partial charge in [-0.1, -0.05) is 38.5 Å². The summed E-state index contributed by atoms with van der Waals surface area (Å²) in [6, 6.07) is 1.07. The number of phosphoric acid groups is 1. The van der Waals surface area contributed by atoms with Gasteiger partial charge in [-0.3, -0.25) is 4.52 Å². The summed E-state index contributed by atoms with van der Waals surface area (Å²) < 4.78 is 14.5. The molecule has 0 saturated heterocycles. The largest absolute Gasteiger partial charge is 0.470 e. The molecule has 3 aliphatic rings. The van der Waals surface area contributed by atoms with Crippen molar-refractivity contribution in [3.63, 3.8) is 0 Å². The molecule has 3 aliphatic carbocycles. The Morgan fingerprint density at radius 1 is 0.600 bits per heavy atom. The third kappa shape index (κ3) is 9.97. The molecular weight excluding hydrogens is 419 g/mol. The number of aliphatic hydroxyl groups is 5. The number of nitrogens with two attached hydrogens (primary N) is 2. The molecule has 3 rings (SSSR count). The standard InChI is InChI=1S/2C6H13N.C6H13O9P/c2*7-6-4-2-1-3-5-6;7-1-2(8)4(10)6(5(11)3(1)9)15-16(12,13)14/h2*6H,1-5,7H2;1-11H,(H2,12,13,14)/t;;1?,2-,3-,4-,5+,6?/m..0/s1. The van der Waals surface area contributed by atoms with E-state index in [1.54, 1.807) is 0 Å². The smallest absolute Gasteiger partial charge is 0.387 e. The van der Waals surface area contributed by atoms with E-state index in [4.69, 9.17) is 26.4 Å². The van der Waals surface area contributed by atoms with Crippen molar-refractivity contribution >= 4 is 7.82 Å². The van der Waals surface area contributed by atoms with Crippen LogP contribution in [0.15, 0.2) is 0 Å². The summed E-state index contributed by atoms with van der Waals surface area (Å²) in [5.74, 6) is 0. The van der Waals surface area contributed by atoms with Crippen molar-refractivity contribution in [2.45, 2.75) is 113 Å². The van der Waals surface area contributed by atoms with E-state index in [1.165, 1.54) is 64.2 Å². The second-order valence-electron chi connectivity index (χ2n) is 8.31. The highest BCUT2D eigenvalue weighted by atomic mass is 31.2. The van der Waals surface area contributed by atoms with Gasteiger partial charge in [-0.15, -0.1) is 0 Å². The Morgan fingerprint density at radius 2 is 0.900 bits per heavy atom. The van der Waals surface area contributed by atoms with Gasteiger partial charge >= 0.3 is 7.82 Å². The van der Waals surface area contributed by atoms with E-state index in [0.29, 0.717) is 12.1 Å². The van der Waals surface area contributed by atoms with Gasteiger partial charge in [-0.05, 0) is 25.7 Å². The Hall–Kier alpha value is -0.170. The summed E-state index contributed by atoms with van der Waals surface area (Å²) in [7, 11) is -5.01. The molecule has 2 unspecified atom stereocenters. The molecule has 11 N–H and O–H groups in total. The lowest BCUT2D eigenvalue weighted by Gasteiger charge is -2.41. The van der Waals surface area contributed by atoms with Crippen molar-refractivity contribution in [3.05, 3.63) is 0 Å². The molecule has 0 bridgehead atoms. The van der Waals surface area contributed by atoms with E-state index in [2.05, 4.69) is 4.52 Å². The van der Waals surface area contributed by atoms with Crippen molar-refractivity contribution in [1.82, 2.24) is 0 Å². The monoisotopic (exact) mass is 458 g/mol. The second kappa shape index (κ2) is 13.4. The molecule has 12 heteroatoms. The average molecular weight is 458 g/mol. The maximum absolute atomic E-state index is 10.5. The van der Waals surface area contributed by atoms with Crippen molar-refractivity contribution in [3.8, 4) is 0 Å². The Balaban J connectivity index is 0.000000263. The van der Waals surface area contributed by atoms with Crippen LogP contribution in [0.4, 0.5) is 0 Å². The predicted molar refractivity (Wildman–Crippen MR) is 109 cm³/mol. The average Bonchev–Trinajstić information content (AvgIpc) is 2.70. The maximum atomic E-state index is 10.5.